The lowest BCUT2D eigenvalue weighted by Crippen LogP contribution is -2.31. The number of benzene rings is 2. The van der Waals surface area contributed by atoms with Crippen molar-refractivity contribution in [3.05, 3.63) is 57.3 Å². The van der Waals surface area contributed by atoms with E-state index in [-0.39, 0.29) is 5.56 Å². The van der Waals surface area contributed by atoms with E-state index in [1.165, 1.54) is 6.07 Å². The molecule has 172 valence electrons. The topological polar surface area (TPSA) is 41.6 Å². The molecule has 0 aromatic heterocycles. The van der Waals surface area contributed by atoms with Gasteiger partial charge in [0.1, 0.15) is 11.6 Å². The summed E-state index contributed by atoms with van der Waals surface area (Å²) in [7, 11) is 0. The molecule has 1 aliphatic heterocycles. The van der Waals surface area contributed by atoms with Crippen molar-refractivity contribution in [2.75, 3.05) is 26.0 Å². The molecule has 1 amide bonds. The molecule has 9 heteroatoms. The molecule has 2 aliphatic rings. The highest BCUT2D eigenvalue weighted by Gasteiger charge is 2.30. The first-order chi connectivity index (χ1) is 15.4. The summed E-state index contributed by atoms with van der Waals surface area (Å²) in [5.41, 5.74) is 1.03. The number of ether oxygens (including phenoxy) is 1. The SMILES string of the molecule is CSNC(=O)c1cc(C2CC2)c(OCC2CCN(Sc3cc(Cl)cc(Cl)c3)CC2)cc1F. The number of piperidine rings is 1. The van der Waals surface area contributed by atoms with Crippen LogP contribution in [-0.4, -0.2) is 36.2 Å². The van der Waals surface area contributed by atoms with Crippen molar-refractivity contribution in [2.24, 2.45) is 5.92 Å². The Kier molecular flexibility index (Phi) is 8.16. The number of carbonyl (C=O) groups excluding carboxylic acids is 1. The van der Waals surface area contributed by atoms with Crippen LogP contribution < -0.4 is 9.46 Å². The molecule has 32 heavy (non-hydrogen) atoms. The predicted molar refractivity (Wildman–Crippen MR) is 131 cm³/mol. The van der Waals surface area contributed by atoms with Crippen molar-refractivity contribution in [3.8, 4) is 5.75 Å². The van der Waals surface area contributed by atoms with Crippen LogP contribution in [0.1, 0.15) is 47.5 Å². The molecule has 1 aliphatic carbocycles. The lowest BCUT2D eigenvalue weighted by molar-refractivity contribution is 0.0980. The lowest BCUT2D eigenvalue weighted by Gasteiger charge is -2.31. The van der Waals surface area contributed by atoms with Gasteiger partial charge in [-0.2, -0.15) is 0 Å². The predicted octanol–water partition coefficient (Wildman–Crippen LogP) is 6.82. The van der Waals surface area contributed by atoms with Crippen LogP contribution in [0.3, 0.4) is 0 Å². The number of nitrogens with zero attached hydrogens (tertiary/aromatic N) is 1. The second kappa shape index (κ2) is 10.9. The van der Waals surface area contributed by atoms with E-state index in [0.717, 1.165) is 61.2 Å². The number of nitrogens with one attached hydrogen (secondary N) is 1. The Morgan fingerprint density at radius 3 is 2.44 bits per heavy atom. The minimum atomic E-state index is -0.539. The summed E-state index contributed by atoms with van der Waals surface area (Å²) < 4.78 is 25.6. The van der Waals surface area contributed by atoms with Crippen LogP contribution in [0.5, 0.6) is 5.75 Å². The maximum absolute atomic E-state index is 14.6. The molecule has 2 aromatic carbocycles. The minimum Gasteiger partial charge on any atom is -0.493 e. The van der Waals surface area contributed by atoms with Crippen molar-refractivity contribution < 1.29 is 13.9 Å². The first-order valence-electron chi connectivity index (χ1n) is 10.6. The van der Waals surface area contributed by atoms with Gasteiger partial charge in [-0.25, -0.2) is 8.70 Å². The summed E-state index contributed by atoms with van der Waals surface area (Å²) >= 11 is 15.0. The highest BCUT2D eigenvalue weighted by atomic mass is 35.5. The Bertz CT molecular complexity index is 962. The molecule has 4 nitrogen and oxygen atoms in total. The second-order valence-corrected chi connectivity index (χ2v) is 10.8. The summed E-state index contributed by atoms with van der Waals surface area (Å²) in [6, 6.07) is 8.63. The maximum atomic E-state index is 14.6. The average molecular weight is 516 g/mol. The first kappa shape index (κ1) is 24.0. The Balaban J connectivity index is 1.33. The Morgan fingerprint density at radius 1 is 1.12 bits per heavy atom. The molecule has 4 rings (SSSR count). The summed E-state index contributed by atoms with van der Waals surface area (Å²) in [6.07, 6.45) is 5.83. The monoisotopic (exact) mass is 514 g/mol. The average Bonchev–Trinajstić information content (AvgIpc) is 3.58. The summed E-state index contributed by atoms with van der Waals surface area (Å²) in [4.78, 5) is 13.2. The van der Waals surface area contributed by atoms with Gasteiger partial charge in [0, 0.05) is 40.4 Å². The molecule has 0 atom stereocenters. The Morgan fingerprint density at radius 2 is 1.81 bits per heavy atom. The number of hydrogen-bond acceptors (Lipinski definition) is 5. The molecule has 1 N–H and O–H groups in total. The summed E-state index contributed by atoms with van der Waals surface area (Å²) in [6.45, 7) is 2.41. The Labute approximate surface area is 206 Å². The van der Waals surface area contributed by atoms with Crippen LogP contribution in [0.2, 0.25) is 10.0 Å². The van der Waals surface area contributed by atoms with Crippen LogP contribution in [-0.2, 0) is 0 Å². The van der Waals surface area contributed by atoms with Crippen LogP contribution in [0.25, 0.3) is 0 Å². The van der Waals surface area contributed by atoms with Gasteiger partial charge < -0.3 is 4.74 Å². The van der Waals surface area contributed by atoms with E-state index in [1.54, 1.807) is 30.3 Å². The normalized spacial score (nSPS) is 17.4. The number of amides is 1. The third-order valence-electron chi connectivity index (χ3n) is 5.67. The fourth-order valence-corrected chi connectivity index (χ4v) is 5.84. The molecular formula is C23H25Cl2FN2O2S2. The van der Waals surface area contributed by atoms with Gasteiger partial charge in [0.15, 0.2) is 0 Å². The van der Waals surface area contributed by atoms with Crippen molar-refractivity contribution in [1.82, 2.24) is 9.03 Å². The highest BCUT2D eigenvalue weighted by Crippen LogP contribution is 2.45. The van der Waals surface area contributed by atoms with E-state index in [9.17, 15) is 9.18 Å². The smallest absolute Gasteiger partial charge is 0.264 e. The number of halogens is 3. The molecule has 1 heterocycles. The molecule has 2 fully saturated rings. The van der Waals surface area contributed by atoms with Gasteiger partial charge in [-0.15, -0.1) is 0 Å². The van der Waals surface area contributed by atoms with Crippen molar-refractivity contribution in [2.45, 2.75) is 36.5 Å². The van der Waals surface area contributed by atoms with E-state index in [0.29, 0.717) is 34.2 Å². The van der Waals surface area contributed by atoms with E-state index in [4.69, 9.17) is 27.9 Å². The molecule has 1 saturated carbocycles. The number of hydrogen-bond donors (Lipinski definition) is 1. The van der Waals surface area contributed by atoms with E-state index >= 15 is 0 Å². The highest BCUT2D eigenvalue weighted by molar-refractivity contribution is 7.97. The first-order valence-corrected chi connectivity index (χ1v) is 13.4. The molecule has 0 unspecified atom stereocenters. The van der Waals surface area contributed by atoms with Crippen molar-refractivity contribution in [3.63, 3.8) is 0 Å². The third-order valence-corrected chi connectivity index (χ3v) is 7.57. The molecular weight excluding hydrogens is 490 g/mol. The number of rotatable bonds is 8. The van der Waals surface area contributed by atoms with Gasteiger partial charge in [0.2, 0.25) is 0 Å². The van der Waals surface area contributed by atoms with Crippen LogP contribution >= 0.6 is 47.1 Å². The lowest BCUT2D eigenvalue weighted by atomic mass is 9.99. The fourth-order valence-electron chi connectivity index (χ4n) is 3.84. The zero-order valence-electron chi connectivity index (χ0n) is 17.7. The maximum Gasteiger partial charge on any atom is 0.264 e. The van der Waals surface area contributed by atoms with Gasteiger partial charge in [0.25, 0.3) is 5.91 Å². The van der Waals surface area contributed by atoms with Crippen LogP contribution in [0.4, 0.5) is 4.39 Å². The van der Waals surface area contributed by atoms with Gasteiger partial charge in [-0.05, 0) is 79.3 Å². The van der Waals surface area contributed by atoms with Crippen LogP contribution in [0.15, 0.2) is 35.2 Å². The standard InChI is InChI=1S/C23H25Cl2FN2O2S2/c1-31-27-23(29)20-11-19(15-2-3-15)22(12-21(20)26)30-13-14-4-6-28(7-5-14)32-18-9-16(24)8-17(25)10-18/h8-12,14-15H,2-7,13H2,1H3,(H,27,29). The zero-order valence-corrected chi connectivity index (χ0v) is 20.9. The molecule has 0 bridgehead atoms. The Hall–Kier alpha value is -1.12. The van der Waals surface area contributed by atoms with E-state index < -0.39 is 11.7 Å². The molecule has 0 spiro atoms. The van der Waals surface area contributed by atoms with Crippen LogP contribution in [0, 0.1) is 11.7 Å². The third kappa shape index (κ3) is 6.26. The zero-order chi connectivity index (χ0) is 22.7. The molecule has 1 saturated heterocycles. The fraction of sp³-hybridized carbons (Fsp3) is 0.435. The quantitative estimate of drug-likeness (QED) is 0.391. The van der Waals surface area contributed by atoms with E-state index in [2.05, 4.69) is 9.03 Å². The summed E-state index contributed by atoms with van der Waals surface area (Å²) in [5, 5.41) is 1.28. The summed E-state index contributed by atoms with van der Waals surface area (Å²) in [5.74, 6) is 0.395. The molecule has 0 radical (unpaired) electrons. The van der Waals surface area contributed by atoms with Gasteiger partial charge in [-0.1, -0.05) is 35.1 Å². The largest absolute Gasteiger partial charge is 0.493 e. The van der Waals surface area contributed by atoms with Gasteiger partial charge >= 0.3 is 0 Å². The minimum absolute atomic E-state index is 0.0834. The van der Waals surface area contributed by atoms with Crippen molar-refractivity contribution >= 4 is 53.0 Å². The van der Waals surface area contributed by atoms with Gasteiger partial charge in [-0.3, -0.25) is 9.52 Å². The van der Waals surface area contributed by atoms with E-state index in [1.807, 2.05) is 12.1 Å². The van der Waals surface area contributed by atoms with Crippen molar-refractivity contribution in [1.29, 1.82) is 0 Å². The molecule has 2 aromatic rings. The number of carbonyl (C=O) groups is 1. The second-order valence-electron chi connectivity index (χ2n) is 8.16. The van der Waals surface area contributed by atoms with Gasteiger partial charge in [0.05, 0.1) is 12.2 Å².